The molecular formula is C12H8BrIN2O2. The molecule has 1 heterocycles. The molecule has 0 atom stereocenters. The predicted octanol–water partition coefficient (Wildman–Crippen LogP) is 3.41. The summed E-state index contributed by atoms with van der Waals surface area (Å²) in [4.78, 5) is 16.0. The van der Waals surface area contributed by atoms with E-state index in [1.165, 1.54) is 12.3 Å². The smallest absolute Gasteiger partial charge is 0.258 e. The molecule has 0 radical (unpaired) electrons. The van der Waals surface area contributed by atoms with E-state index in [1.807, 2.05) is 12.1 Å². The van der Waals surface area contributed by atoms with Gasteiger partial charge in [-0.05, 0) is 52.9 Å². The van der Waals surface area contributed by atoms with Crippen LogP contribution < -0.4 is 5.32 Å². The number of rotatable bonds is 2. The third kappa shape index (κ3) is 2.99. The van der Waals surface area contributed by atoms with Gasteiger partial charge in [-0.1, -0.05) is 15.9 Å². The number of nitrogens with one attached hydrogen (secondary N) is 1. The third-order valence-corrected chi connectivity index (χ3v) is 3.63. The lowest BCUT2D eigenvalue weighted by Crippen LogP contribution is -2.14. The second-order valence-electron chi connectivity index (χ2n) is 3.45. The maximum Gasteiger partial charge on any atom is 0.258 e. The molecule has 1 amide bonds. The van der Waals surface area contributed by atoms with E-state index in [9.17, 15) is 9.90 Å². The Balaban J connectivity index is 2.28. The number of aromatic hydroxyl groups is 1. The van der Waals surface area contributed by atoms with Crippen LogP contribution in [0.25, 0.3) is 0 Å². The summed E-state index contributed by atoms with van der Waals surface area (Å²) in [6.45, 7) is 0. The van der Waals surface area contributed by atoms with Crippen LogP contribution in [0.1, 0.15) is 10.4 Å². The van der Waals surface area contributed by atoms with Crippen molar-refractivity contribution in [2.45, 2.75) is 0 Å². The highest BCUT2D eigenvalue weighted by Crippen LogP contribution is 2.22. The lowest BCUT2D eigenvalue weighted by molar-refractivity contribution is 0.102. The number of anilines is 1. The van der Waals surface area contributed by atoms with Crippen molar-refractivity contribution >= 4 is 50.2 Å². The van der Waals surface area contributed by atoms with Gasteiger partial charge in [-0.15, -0.1) is 0 Å². The number of carbonyl (C=O) groups excluding carboxylic acids is 1. The van der Waals surface area contributed by atoms with Gasteiger partial charge in [0.25, 0.3) is 5.91 Å². The van der Waals surface area contributed by atoms with Crippen LogP contribution in [0, 0.1) is 3.57 Å². The first-order valence-electron chi connectivity index (χ1n) is 4.98. The minimum absolute atomic E-state index is 0.0594. The van der Waals surface area contributed by atoms with E-state index in [0.717, 1.165) is 8.04 Å². The lowest BCUT2D eigenvalue weighted by atomic mass is 10.2. The van der Waals surface area contributed by atoms with Crippen molar-refractivity contribution in [3.63, 3.8) is 0 Å². The molecule has 0 spiro atoms. The fourth-order valence-electron chi connectivity index (χ4n) is 1.34. The van der Waals surface area contributed by atoms with E-state index in [-0.39, 0.29) is 17.5 Å². The molecule has 92 valence electrons. The summed E-state index contributed by atoms with van der Waals surface area (Å²) >= 11 is 5.40. The largest absolute Gasteiger partial charge is 0.504 e. The Labute approximate surface area is 126 Å². The Morgan fingerprint density at radius 2 is 2.17 bits per heavy atom. The third-order valence-electron chi connectivity index (χ3n) is 2.19. The Kier molecular flexibility index (Phi) is 4.18. The van der Waals surface area contributed by atoms with Gasteiger partial charge in [0.15, 0.2) is 11.6 Å². The van der Waals surface area contributed by atoms with Gasteiger partial charge in [0.05, 0.1) is 5.56 Å². The summed E-state index contributed by atoms with van der Waals surface area (Å²) in [6.07, 6.45) is 1.50. The molecule has 0 unspecified atom stereocenters. The van der Waals surface area contributed by atoms with Gasteiger partial charge >= 0.3 is 0 Å². The Morgan fingerprint density at radius 1 is 1.39 bits per heavy atom. The van der Waals surface area contributed by atoms with E-state index in [1.54, 1.807) is 12.1 Å². The van der Waals surface area contributed by atoms with E-state index in [0.29, 0.717) is 5.56 Å². The molecule has 0 fully saturated rings. The first kappa shape index (κ1) is 13.3. The second-order valence-corrected chi connectivity index (χ2v) is 5.53. The number of pyridine rings is 1. The number of nitrogens with zero attached hydrogens (tertiary/aromatic N) is 1. The Bertz CT molecular complexity index is 604. The summed E-state index contributed by atoms with van der Waals surface area (Å²) in [5.74, 6) is -0.219. The molecule has 2 rings (SSSR count). The fraction of sp³-hybridized carbons (Fsp3) is 0. The van der Waals surface area contributed by atoms with Crippen molar-refractivity contribution < 1.29 is 9.90 Å². The maximum atomic E-state index is 12.1. The van der Waals surface area contributed by atoms with Crippen LogP contribution in [-0.2, 0) is 0 Å². The number of hydrogen-bond donors (Lipinski definition) is 2. The van der Waals surface area contributed by atoms with E-state index in [4.69, 9.17) is 0 Å². The van der Waals surface area contributed by atoms with Gasteiger partial charge in [-0.2, -0.15) is 0 Å². The van der Waals surface area contributed by atoms with Gasteiger partial charge in [0.1, 0.15) is 0 Å². The lowest BCUT2D eigenvalue weighted by Gasteiger charge is -2.07. The Hall–Kier alpha value is -1.15. The Morgan fingerprint density at radius 3 is 2.89 bits per heavy atom. The molecule has 6 heteroatoms. The first-order chi connectivity index (χ1) is 8.58. The summed E-state index contributed by atoms with van der Waals surface area (Å²) in [5, 5.41) is 12.1. The van der Waals surface area contributed by atoms with Crippen LogP contribution in [0.5, 0.6) is 5.75 Å². The molecule has 18 heavy (non-hydrogen) atoms. The zero-order valence-corrected chi connectivity index (χ0v) is 12.8. The average Bonchev–Trinajstić information content (AvgIpc) is 2.35. The molecule has 2 aromatic rings. The maximum absolute atomic E-state index is 12.1. The molecule has 2 N–H and O–H groups in total. The standard InChI is InChI=1S/C12H8BrIN2O2/c13-7-3-4-9(14)8(6-7)12(18)16-11-10(17)2-1-5-15-11/h1-6,17H,(H,15,16,18). The highest BCUT2D eigenvalue weighted by atomic mass is 127. The van der Waals surface area contributed by atoms with Gasteiger partial charge in [-0.25, -0.2) is 4.98 Å². The molecule has 0 aliphatic rings. The summed E-state index contributed by atoms with van der Waals surface area (Å²) in [5.41, 5.74) is 0.523. The zero-order chi connectivity index (χ0) is 13.1. The van der Waals surface area contributed by atoms with Gasteiger partial charge < -0.3 is 10.4 Å². The van der Waals surface area contributed by atoms with Crippen molar-refractivity contribution in [1.82, 2.24) is 4.98 Å². The van der Waals surface area contributed by atoms with Crippen molar-refractivity contribution in [2.75, 3.05) is 5.32 Å². The van der Waals surface area contributed by atoms with E-state index >= 15 is 0 Å². The highest BCUT2D eigenvalue weighted by Gasteiger charge is 2.13. The molecule has 1 aromatic heterocycles. The van der Waals surface area contributed by atoms with Gasteiger partial charge in [0, 0.05) is 14.2 Å². The van der Waals surface area contributed by atoms with Gasteiger partial charge in [0.2, 0.25) is 0 Å². The summed E-state index contributed by atoms with van der Waals surface area (Å²) < 4.78 is 1.64. The molecule has 0 aliphatic carbocycles. The predicted molar refractivity (Wildman–Crippen MR) is 80.7 cm³/mol. The van der Waals surface area contributed by atoms with E-state index in [2.05, 4.69) is 48.8 Å². The van der Waals surface area contributed by atoms with Crippen molar-refractivity contribution in [2.24, 2.45) is 0 Å². The van der Waals surface area contributed by atoms with Crippen LogP contribution in [0.3, 0.4) is 0 Å². The molecule has 0 saturated heterocycles. The summed E-state index contributed by atoms with van der Waals surface area (Å²) in [7, 11) is 0. The number of hydrogen-bond acceptors (Lipinski definition) is 3. The minimum Gasteiger partial charge on any atom is -0.504 e. The van der Waals surface area contributed by atoms with Crippen molar-refractivity contribution in [3.05, 3.63) is 50.1 Å². The molecule has 1 aromatic carbocycles. The molecule has 0 saturated carbocycles. The minimum atomic E-state index is -0.310. The molecule has 0 aliphatic heterocycles. The van der Waals surface area contributed by atoms with Crippen molar-refractivity contribution in [3.8, 4) is 5.75 Å². The van der Waals surface area contributed by atoms with Crippen LogP contribution in [-0.4, -0.2) is 16.0 Å². The van der Waals surface area contributed by atoms with Crippen molar-refractivity contribution in [1.29, 1.82) is 0 Å². The number of aromatic nitrogens is 1. The highest BCUT2D eigenvalue weighted by molar-refractivity contribution is 14.1. The quantitative estimate of drug-likeness (QED) is 0.734. The average molecular weight is 419 g/mol. The SMILES string of the molecule is O=C(Nc1ncccc1O)c1cc(Br)ccc1I. The number of amides is 1. The van der Waals surface area contributed by atoms with Crippen LogP contribution in [0.4, 0.5) is 5.82 Å². The first-order valence-corrected chi connectivity index (χ1v) is 6.85. The number of halogens is 2. The second kappa shape index (κ2) is 5.66. The zero-order valence-electron chi connectivity index (χ0n) is 9.02. The number of carbonyl (C=O) groups is 1. The van der Waals surface area contributed by atoms with Crippen LogP contribution in [0.15, 0.2) is 41.0 Å². The topological polar surface area (TPSA) is 62.2 Å². The molecule has 4 nitrogen and oxygen atoms in total. The molecular weight excluding hydrogens is 411 g/mol. The van der Waals surface area contributed by atoms with Gasteiger partial charge in [-0.3, -0.25) is 4.79 Å². The summed E-state index contributed by atoms with van der Waals surface area (Å²) in [6, 6.07) is 8.47. The monoisotopic (exact) mass is 418 g/mol. The van der Waals surface area contributed by atoms with Crippen LogP contribution in [0.2, 0.25) is 0 Å². The normalized spacial score (nSPS) is 10.1. The van der Waals surface area contributed by atoms with Crippen LogP contribution >= 0.6 is 38.5 Å². The van der Waals surface area contributed by atoms with E-state index < -0.39 is 0 Å². The molecule has 0 bridgehead atoms. The fourth-order valence-corrected chi connectivity index (χ4v) is 2.28. The number of benzene rings is 1.